The second-order valence-corrected chi connectivity index (χ2v) is 6.93. The van der Waals surface area contributed by atoms with Gasteiger partial charge in [-0.15, -0.1) is 0 Å². The van der Waals surface area contributed by atoms with Gasteiger partial charge < -0.3 is 19.4 Å². The predicted molar refractivity (Wildman–Crippen MR) is 105 cm³/mol. The number of ether oxygens (including phenoxy) is 2. The Bertz CT molecular complexity index is 1110. The number of nitrogens with one attached hydrogen (secondary N) is 1. The Morgan fingerprint density at radius 2 is 2.21 bits per heavy atom. The highest BCUT2D eigenvalue weighted by Crippen LogP contribution is 2.35. The molecule has 1 aromatic heterocycles. The van der Waals surface area contributed by atoms with E-state index < -0.39 is 0 Å². The van der Waals surface area contributed by atoms with Crippen molar-refractivity contribution in [3.05, 3.63) is 64.2 Å². The average molecular weight is 379 g/mol. The van der Waals surface area contributed by atoms with E-state index in [0.717, 1.165) is 23.5 Å². The number of para-hydroxylation sites is 1. The number of nitrogens with zero attached hydrogens (tertiary/aromatic N) is 2. The number of fused-ring (bicyclic) bond motifs is 2. The number of hydrogen-bond donors (Lipinski definition) is 1. The molecule has 4 rings (SSSR count). The van der Waals surface area contributed by atoms with Crippen molar-refractivity contribution in [1.82, 2.24) is 14.9 Å². The number of aromatic nitrogens is 2. The highest BCUT2D eigenvalue weighted by molar-refractivity contribution is 5.97. The van der Waals surface area contributed by atoms with E-state index in [0.29, 0.717) is 29.6 Å². The molecule has 7 heteroatoms. The van der Waals surface area contributed by atoms with Crippen molar-refractivity contribution in [2.24, 2.45) is 13.0 Å². The molecule has 144 valence electrons. The van der Waals surface area contributed by atoms with Gasteiger partial charge in [-0.3, -0.25) is 9.59 Å². The van der Waals surface area contributed by atoms with E-state index in [4.69, 9.17) is 9.47 Å². The molecule has 0 fully saturated rings. The van der Waals surface area contributed by atoms with Crippen LogP contribution < -0.4 is 20.3 Å². The number of amides is 1. The summed E-state index contributed by atoms with van der Waals surface area (Å²) < 4.78 is 12.6. The smallest absolute Gasteiger partial charge is 0.260 e. The number of hydrogen-bond acceptors (Lipinski definition) is 5. The summed E-state index contributed by atoms with van der Waals surface area (Å²) in [4.78, 5) is 28.9. The summed E-state index contributed by atoms with van der Waals surface area (Å²) in [6.07, 6.45) is 2.26. The number of aryl methyl sites for hydroxylation is 1. The maximum Gasteiger partial charge on any atom is 0.260 e. The van der Waals surface area contributed by atoms with Crippen LogP contribution in [0, 0.1) is 5.92 Å². The van der Waals surface area contributed by atoms with E-state index in [1.807, 2.05) is 18.2 Å². The third-order valence-electron chi connectivity index (χ3n) is 4.98. The Morgan fingerprint density at radius 1 is 1.36 bits per heavy atom. The third kappa shape index (κ3) is 3.31. The SMILES string of the molecule is COc1cccc2c1OC[C@@H](CNC(=O)c1ccc3c(=O)n(C)cnc3c1)C2. The third-order valence-corrected chi connectivity index (χ3v) is 4.98. The van der Waals surface area contributed by atoms with Gasteiger partial charge >= 0.3 is 0 Å². The summed E-state index contributed by atoms with van der Waals surface area (Å²) in [6, 6.07) is 10.8. The molecule has 1 aliphatic rings. The molecule has 0 radical (unpaired) electrons. The fourth-order valence-corrected chi connectivity index (χ4v) is 3.44. The standard InChI is InChI=1S/C21H21N3O4/c1-24-12-23-17-9-15(6-7-16(17)21(24)26)20(25)22-10-13-8-14-4-3-5-18(27-2)19(14)28-11-13/h3-7,9,12-13H,8,10-11H2,1-2H3,(H,22,25)/t13-/m1/s1. The lowest BCUT2D eigenvalue weighted by molar-refractivity contribution is 0.0938. The Morgan fingerprint density at radius 3 is 3.04 bits per heavy atom. The van der Waals surface area contributed by atoms with Crippen LogP contribution in [0.5, 0.6) is 11.5 Å². The molecule has 3 aromatic rings. The van der Waals surface area contributed by atoms with E-state index in [2.05, 4.69) is 10.3 Å². The second kappa shape index (κ2) is 7.34. The molecule has 28 heavy (non-hydrogen) atoms. The summed E-state index contributed by atoms with van der Waals surface area (Å²) in [7, 11) is 3.27. The van der Waals surface area contributed by atoms with Crippen molar-refractivity contribution >= 4 is 16.8 Å². The summed E-state index contributed by atoms with van der Waals surface area (Å²) >= 11 is 0. The molecule has 1 N–H and O–H groups in total. The molecule has 1 atom stereocenters. The number of carbonyl (C=O) groups excluding carboxylic acids is 1. The van der Waals surface area contributed by atoms with Gasteiger partial charge in [0.15, 0.2) is 11.5 Å². The number of benzene rings is 2. The lowest BCUT2D eigenvalue weighted by Gasteiger charge is -2.26. The summed E-state index contributed by atoms with van der Waals surface area (Å²) in [5, 5.41) is 3.45. The largest absolute Gasteiger partial charge is 0.493 e. The van der Waals surface area contributed by atoms with E-state index >= 15 is 0 Å². The van der Waals surface area contributed by atoms with Crippen LogP contribution in [0.3, 0.4) is 0 Å². The van der Waals surface area contributed by atoms with Crippen molar-refractivity contribution < 1.29 is 14.3 Å². The summed E-state index contributed by atoms with van der Waals surface area (Å²) in [5.74, 6) is 1.50. The molecule has 0 saturated heterocycles. The normalized spacial score (nSPS) is 15.6. The lowest BCUT2D eigenvalue weighted by atomic mass is 9.96. The average Bonchev–Trinajstić information content (AvgIpc) is 2.73. The fourth-order valence-electron chi connectivity index (χ4n) is 3.44. The molecular weight excluding hydrogens is 358 g/mol. The van der Waals surface area contributed by atoms with Crippen LogP contribution in [-0.4, -0.2) is 35.7 Å². The van der Waals surface area contributed by atoms with Gasteiger partial charge in [-0.25, -0.2) is 4.98 Å². The molecule has 0 bridgehead atoms. The van der Waals surface area contributed by atoms with Gasteiger partial charge in [0.25, 0.3) is 11.5 Å². The molecular formula is C21H21N3O4. The Kier molecular flexibility index (Phi) is 4.73. The minimum absolute atomic E-state index is 0.134. The molecule has 2 heterocycles. The minimum atomic E-state index is -0.194. The van der Waals surface area contributed by atoms with Crippen LogP contribution in [0.25, 0.3) is 10.9 Å². The summed E-state index contributed by atoms with van der Waals surface area (Å²) in [6.45, 7) is 1.01. The first kappa shape index (κ1) is 18.0. The first-order valence-electron chi connectivity index (χ1n) is 9.09. The van der Waals surface area contributed by atoms with Gasteiger partial charge in [0.05, 0.1) is 30.9 Å². The van der Waals surface area contributed by atoms with Crippen molar-refractivity contribution in [1.29, 1.82) is 0 Å². The van der Waals surface area contributed by atoms with Crippen LogP contribution in [0.1, 0.15) is 15.9 Å². The Balaban J connectivity index is 1.44. The fraction of sp³-hybridized carbons (Fsp3) is 0.286. The molecule has 0 spiro atoms. The summed E-state index contributed by atoms with van der Waals surface area (Å²) in [5.41, 5.74) is 1.94. The van der Waals surface area contributed by atoms with Crippen LogP contribution in [0.15, 0.2) is 47.5 Å². The number of methoxy groups -OCH3 is 1. The van der Waals surface area contributed by atoms with Gasteiger partial charge in [0.2, 0.25) is 0 Å². The molecule has 2 aromatic carbocycles. The van der Waals surface area contributed by atoms with Gasteiger partial charge in [-0.05, 0) is 36.2 Å². The first-order valence-corrected chi connectivity index (χ1v) is 9.09. The van der Waals surface area contributed by atoms with Crippen molar-refractivity contribution in [2.45, 2.75) is 6.42 Å². The minimum Gasteiger partial charge on any atom is -0.493 e. The van der Waals surface area contributed by atoms with Gasteiger partial charge in [-0.1, -0.05) is 12.1 Å². The first-order chi connectivity index (χ1) is 13.6. The van der Waals surface area contributed by atoms with Crippen LogP contribution in [-0.2, 0) is 13.5 Å². The molecule has 0 aliphatic carbocycles. The maximum absolute atomic E-state index is 12.5. The van der Waals surface area contributed by atoms with E-state index in [1.165, 1.54) is 10.9 Å². The van der Waals surface area contributed by atoms with Gasteiger partial charge in [0.1, 0.15) is 0 Å². The highest BCUT2D eigenvalue weighted by Gasteiger charge is 2.23. The molecule has 0 saturated carbocycles. The Labute approximate surface area is 161 Å². The predicted octanol–water partition coefficient (Wildman–Crippen LogP) is 1.92. The van der Waals surface area contributed by atoms with E-state index in [-0.39, 0.29) is 17.4 Å². The number of carbonyl (C=O) groups is 1. The van der Waals surface area contributed by atoms with Gasteiger partial charge in [0, 0.05) is 25.1 Å². The monoisotopic (exact) mass is 379 g/mol. The van der Waals surface area contributed by atoms with Crippen LogP contribution >= 0.6 is 0 Å². The molecule has 1 amide bonds. The van der Waals surface area contributed by atoms with Crippen molar-refractivity contribution in [3.63, 3.8) is 0 Å². The second-order valence-electron chi connectivity index (χ2n) is 6.93. The van der Waals surface area contributed by atoms with E-state index in [9.17, 15) is 9.59 Å². The topological polar surface area (TPSA) is 82.5 Å². The molecule has 0 unspecified atom stereocenters. The highest BCUT2D eigenvalue weighted by atomic mass is 16.5. The Hall–Kier alpha value is -3.35. The zero-order valence-corrected chi connectivity index (χ0v) is 15.8. The zero-order valence-electron chi connectivity index (χ0n) is 15.8. The van der Waals surface area contributed by atoms with E-state index in [1.54, 1.807) is 32.4 Å². The number of rotatable bonds is 4. The zero-order chi connectivity index (χ0) is 19.7. The lowest BCUT2D eigenvalue weighted by Crippen LogP contribution is -2.34. The molecule has 7 nitrogen and oxygen atoms in total. The molecule has 1 aliphatic heterocycles. The van der Waals surface area contributed by atoms with Crippen LogP contribution in [0.4, 0.5) is 0 Å². The van der Waals surface area contributed by atoms with Gasteiger partial charge in [-0.2, -0.15) is 0 Å². The maximum atomic E-state index is 12.5. The van der Waals surface area contributed by atoms with Crippen molar-refractivity contribution in [2.75, 3.05) is 20.3 Å². The quantitative estimate of drug-likeness (QED) is 0.749. The van der Waals surface area contributed by atoms with Crippen LogP contribution in [0.2, 0.25) is 0 Å². The van der Waals surface area contributed by atoms with Crippen molar-refractivity contribution in [3.8, 4) is 11.5 Å².